The summed E-state index contributed by atoms with van der Waals surface area (Å²) in [6.07, 6.45) is 2.27. The number of ether oxygens (including phenoxy) is 2. The number of carbonyl (C=O) groups is 3. The van der Waals surface area contributed by atoms with Gasteiger partial charge in [-0.1, -0.05) is 13.3 Å². The van der Waals surface area contributed by atoms with Crippen LogP contribution >= 0.6 is 0 Å². The van der Waals surface area contributed by atoms with Crippen molar-refractivity contribution in [1.82, 2.24) is 10.2 Å². The van der Waals surface area contributed by atoms with E-state index in [4.69, 9.17) is 15.2 Å². The highest BCUT2D eigenvalue weighted by Crippen LogP contribution is 2.16. The zero-order chi connectivity index (χ0) is 19.7. The summed E-state index contributed by atoms with van der Waals surface area (Å²) >= 11 is 0. The van der Waals surface area contributed by atoms with Crippen LogP contribution in [0.4, 0.5) is 9.59 Å². The van der Waals surface area contributed by atoms with Crippen molar-refractivity contribution >= 4 is 18.1 Å². The smallest absolute Gasteiger partial charge is 0.407 e. The third-order valence-electron chi connectivity index (χ3n) is 4.10. The van der Waals surface area contributed by atoms with Crippen LogP contribution in [-0.4, -0.2) is 53.8 Å². The maximum Gasteiger partial charge on any atom is 0.407 e. The first-order valence-corrected chi connectivity index (χ1v) is 9.36. The van der Waals surface area contributed by atoms with Gasteiger partial charge in [0.2, 0.25) is 0 Å². The number of likely N-dealkylation sites (tertiary alicyclic amines) is 1. The second-order valence-electron chi connectivity index (χ2n) is 7.67. The number of alkyl carbamates (subject to hydrolysis) is 1. The molecule has 1 aliphatic rings. The SMILES string of the molecule is CCCC(CCN1CCCCC(OC(N)=O)C1=O)NC(=O)OC(C)(C)C. The Kier molecular flexibility index (Phi) is 8.68. The monoisotopic (exact) mass is 371 g/mol. The molecule has 2 atom stereocenters. The minimum atomic E-state index is -0.930. The van der Waals surface area contributed by atoms with Crippen molar-refractivity contribution in [3.8, 4) is 0 Å². The van der Waals surface area contributed by atoms with Crippen molar-refractivity contribution in [3.63, 3.8) is 0 Å². The normalized spacial score (nSPS) is 19.5. The van der Waals surface area contributed by atoms with Crippen LogP contribution in [0.5, 0.6) is 0 Å². The fraction of sp³-hybridized carbons (Fsp3) is 0.833. The maximum atomic E-state index is 12.5. The number of hydrogen-bond acceptors (Lipinski definition) is 5. The van der Waals surface area contributed by atoms with Crippen LogP contribution in [0, 0.1) is 0 Å². The molecule has 1 saturated heterocycles. The van der Waals surface area contributed by atoms with Crippen molar-refractivity contribution in [2.24, 2.45) is 5.73 Å². The van der Waals surface area contributed by atoms with Crippen molar-refractivity contribution in [2.75, 3.05) is 13.1 Å². The predicted octanol–water partition coefficient (Wildman–Crippen LogP) is 2.55. The molecule has 1 heterocycles. The van der Waals surface area contributed by atoms with Gasteiger partial charge in [0.25, 0.3) is 5.91 Å². The Hall–Kier alpha value is -1.99. The highest BCUT2D eigenvalue weighted by atomic mass is 16.6. The first-order valence-electron chi connectivity index (χ1n) is 9.36. The van der Waals surface area contributed by atoms with Crippen LogP contribution < -0.4 is 11.1 Å². The summed E-state index contributed by atoms with van der Waals surface area (Å²) in [5, 5.41) is 2.88. The van der Waals surface area contributed by atoms with Crippen molar-refractivity contribution in [1.29, 1.82) is 0 Å². The van der Waals surface area contributed by atoms with Crippen LogP contribution in [0.15, 0.2) is 0 Å². The fourth-order valence-electron chi connectivity index (χ4n) is 2.96. The van der Waals surface area contributed by atoms with Gasteiger partial charge in [0.15, 0.2) is 6.10 Å². The molecule has 0 aliphatic carbocycles. The van der Waals surface area contributed by atoms with E-state index in [2.05, 4.69) is 5.32 Å². The average Bonchev–Trinajstić information content (AvgIpc) is 2.65. The number of carbonyl (C=O) groups excluding carboxylic acids is 3. The largest absolute Gasteiger partial charge is 0.444 e. The lowest BCUT2D eigenvalue weighted by Gasteiger charge is -2.27. The Balaban J connectivity index is 2.61. The Labute approximate surface area is 155 Å². The molecule has 3 amide bonds. The Morgan fingerprint density at radius 2 is 2.00 bits per heavy atom. The van der Waals surface area contributed by atoms with Gasteiger partial charge in [0, 0.05) is 19.1 Å². The van der Waals surface area contributed by atoms with Crippen molar-refractivity contribution in [3.05, 3.63) is 0 Å². The van der Waals surface area contributed by atoms with E-state index in [0.717, 1.165) is 25.7 Å². The fourth-order valence-corrected chi connectivity index (χ4v) is 2.96. The van der Waals surface area contributed by atoms with Gasteiger partial charge in [-0.05, 0) is 52.9 Å². The highest BCUT2D eigenvalue weighted by molar-refractivity contribution is 5.83. The molecule has 8 heteroatoms. The quantitative estimate of drug-likeness (QED) is 0.714. The van der Waals surface area contributed by atoms with Gasteiger partial charge >= 0.3 is 12.2 Å². The summed E-state index contributed by atoms with van der Waals surface area (Å²) in [7, 11) is 0. The van der Waals surface area contributed by atoms with Crippen molar-refractivity contribution in [2.45, 2.75) is 84.0 Å². The molecule has 8 nitrogen and oxygen atoms in total. The van der Waals surface area contributed by atoms with Gasteiger partial charge in [-0.25, -0.2) is 9.59 Å². The number of rotatable bonds is 7. The van der Waals surface area contributed by atoms with Crippen LogP contribution in [0.2, 0.25) is 0 Å². The van der Waals surface area contributed by atoms with Crippen LogP contribution in [0.1, 0.15) is 66.2 Å². The first kappa shape index (κ1) is 22.1. The second-order valence-corrected chi connectivity index (χ2v) is 7.67. The summed E-state index contributed by atoms with van der Waals surface area (Å²) in [5.41, 5.74) is 4.50. The number of amides is 3. The Morgan fingerprint density at radius 1 is 1.31 bits per heavy atom. The molecule has 26 heavy (non-hydrogen) atoms. The summed E-state index contributed by atoms with van der Waals surface area (Å²) in [6, 6.07) is -0.0820. The van der Waals surface area contributed by atoms with Crippen LogP contribution in [-0.2, 0) is 14.3 Å². The summed E-state index contributed by atoms with van der Waals surface area (Å²) < 4.78 is 10.3. The third kappa shape index (κ3) is 8.40. The van der Waals surface area contributed by atoms with Gasteiger partial charge in [0.1, 0.15) is 5.60 Å². The molecule has 0 spiro atoms. The number of hydrogen-bond donors (Lipinski definition) is 2. The van der Waals surface area contributed by atoms with E-state index in [1.807, 2.05) is 27.7 Å². The lowest BCUT2D eigenvalue weighted by atomic mass is 10.1. The van der Waals surface area contributed by atoms with E-state index in [1.54, 1.807) is 4.90 Å². The van der Waals surface area contributed by atoms with E-state index in [0.29, 0.717) is 25.9 Å². The molecule has 150 valence electrons. The van der Waals surface area contributed by atoms with Gasteiger partial charge in [-0.2, -0.15) is 0 Å². The van der Waals surface area contributed by atoms with E-state index in [1.165, 1.54) is 0 Å². The van der Waals surface area contributed by atoms with Gasteiger partial charge in [-0.15, -0.1) is 0 Å². The number of nitrogens with zero attached hydrogens (tertiary/aromatic N) is 1. The Bertz CT molecular complexity index is 490. The molecule has 0 aromatic carbocycles. The lowest BCUT2D eigenvalue weighted by molar-refractivity contribution is -0.139. The molecule has 1 rings (SSSR count). The lowest BCUT2D eigenvalue weighted by Crippen LogP contribution is -2.44. The summed E-state index contributed by atoms with van der Waals surface area (Å²) in [4.78, 5) is 37.2. The zero-order valence-corrected chi connectivity index (χ0v) is 16.4. The van der Waals surface area contributed by atoms with Crippen LogP contribution in [0.3, 0.4) is 0 Å². The van der Waals surface area contributed by atoms with Gasteiger partial charge in [-0.3, -0.25) is 4.79 Å². The van der Waals surface area contributed by atoms with E-state index < -0.39 is 23.9 Å². The molecular formula is C18H33N3O5. The second kappa shape index (κ2) is 10.2. The zero-order valence-electron chi connectivity index (χ0n) is 16.4. The minimum absolute atomic E-state index is 0.0820. The molecule has 0 aromatic rings. The number of nitrogens with one attached hydrogen (secondary N) is 1. The van der Waals surface area contributed by atoms with E-state index in [-0.39, 0.29) is 11.9 Å². The standard InChI is InChI=1S/C18H33N3O5/c1-5-8-13(20-17(24)26-18(2,3)4)10-12-21-11-7-6-9-14(15(21)22)25-16(19)23/h13-14H,5-12H2,1-4H3,(H2,19,23)(H,20,24). The molecule has 0 saturated carbocycles. The Morgan fingerprint density at radius 3 is 2.58 bits per heavy atom. The molecule has 1 fully saturated rings. The van der Waals surface area contributed by atoms with Crippen molar-refractivity contribution < 1.29 is 23.9 Å². The predicted molar refractivity (Wildman–Crippen MR) is 97.6 cm³/mol. The maximum absolute atomic E-state index is 12.5. The van der Waals surface area contributed by atoms with Gasteiger partial charge in [0.05, 0.1) is 0 Å². The highest BCUT2D eigenvalue weighted by Gasteiger charge is 2.30. The average molecular weight is 371 g/mol. The van der Waals surface area contributed by atoms with Gasteiger partial charge < -0.3 is 25.4 Å². The molecule has 0 bridgehead atoms. The third-order valence-corrected chi connectivity index (χ3v) is 4.10. The molecule has 1 aliphatic heterocycles. The summed E-state index contributed by atoms with van der Waals surface area (Å²) in [6.45, 7) is 8.58. The van der Waals surface area contributed by atoms with Crippen LogP contribution in [0.25, 0.3) is 0 Å². The topological polar surface area (TPSA) is 111 Å². The molecule has 2 unspecified atom stereocenters. The number of primary amides is 1. The molecule has 0 radical (unpaired) electrons. The van der Waals surface area contributed by atoms with E-state index >= 15 is 0 Å². The molecular weight excluding hydrogens is 338 g/mol. The molecule has 0 aromatic heterocycles. The van der Waals surface area contributed by atoms with E-state index in [9.17, 15) is 14.4 Å². The first-order chi connectivity index (χ1) is 12.1. The minimum Gasteiger partial charge on any atom is -0.444 e. The number of nitrogens with two attached hydrogens (primary N) is 1. The summed E-state index contributed by atoms with van der Waals surface area (Å²) in [5.74, 6) is -0.214. The molecule has 3 N–H and O–H groups in total.